The van der Waals surface area contributed by atoms with Crippen molar-refractivity contribution in [2.24, 2.45) is 5.41 Å². The first kappa shape index (κ1) is 50.3. The molecule has 0 atom stereocenters. The highest BCUT2D eigenvalue weighted by Gasteiger charge is 2.52. The molecule has 0 N–H and O–H groups in total. The number of aromatic nitrogens is 1. The Morgan fingerprint density at radius 2 is 0.621 bits per heavy atom. The van der Waals surface area contributed by atoms with Crippen LogP contribution in [-0.4, -0.2) is 17.7 Å². The topological polar surface area (TPSA) is 38.0 Å². The molecule has 24 heteroatoms. The third-order valence-corrected chi connectivity index (χ3v) is 9.96. The summed E-state index contributed by atoms with van der Waals surface area (Å²) in [5.41, 5.74) is -13.4. The molecule has 0 radical (unpaired) electrons. The van der Waals surface area contributed by atoms with Gasteiger partial charge >= 0.3 is 0 Å². The summed E-state index contributed by atoms with van der Waals surface area (Å²) < 4.78 is 296. The maximum Gasteiger partial charge on any atom is 0.227 e. The average molecular weight is 961 g/mol. The zero-order chi connectivity index (χ0) is 49.8. The van der Waals surface area contributed by atoms with Crippen molar-refractivity contribution in [1.82, 2.24) is 0 Å². The number of carbonyl (C=O) groups excluding carboxylic acids is 2. The van der Waals surface area contributed by atoms with E-state index in [2.05, 4.69) is 0 Å². The minimum atomic E-state index is -7.22. The predicted octanol–water partition coefficient (Wildman–Crippen LogP) is 8.93. The van der Waals surface area contributed by atoms with Crippen molar-refractivity contribution in [3.8, 4) is 0 Å². The molecular formula is C42H20BF20NO2. The summed E-state index contributed by atoms with van der Waals surface area (Å²) in [5, 5.41) is 0. The Morgan fingerprint density at radius 1 is 0.379 bits per heavy atom. The molecule has 0 aliphatic heterocycles. The van der Waals surface area contributed by atoms with E-state index in [1.165, 1.54) is 0 Å². The summed E-state index contributed by atoms with van der Waals surface area (Å²) in [7, 11) is 0. The monoisotopic (exact) mass is 961 g/mol. The highest BCUT2D eigenvalue weighted by Crippen LogP contribution is 2.31. The van der Waals surface area contributed by atoms with Gasteiger partial charge in [-0.15, -0.1) is 21.9 Å². The van der Waals surface area contributed by atoms with Gasteiger partial charge in [-0.25, -0.2) is 87.8 Å². The fourth-order valence-electron chi connectivity index (χ4n) is 6.90. The maximum absolute atomic E-state index is 15.4. The van der Waals surface area contributed by atoms with Gasteiger partial charge in [0.1, 0.15) is 52.7 Å². The highest BCUT2D eigenvalue weighted by molar-refractivity contribution is 7.20. The second-order valence-electron chi connectivity index (χ2n) is 14.9. The van der Waals surface area contributed by atoms with Crippen molar-refractivity contribution < 1.29 is 102 Å². The van der Waals surface area contributed by atoms with E-state index in [0.717, 1.165) is 0 Å². The fraction of sp³-hybridized carbons (Fsp3) is 0.119. The van der Waals surface area contributed by atoms with E-state index >= 15 is 35.1 Å². The number of hydrogen-bond donors (Lipinski definition) is 0. The minimum absolute atomic E-state index is 0.0514. The third-order valence-electron chi connectivity index (χ3n) is 9.96. The fourth-order valence-corrected chi connectivity index (χ4v) is 6.90. The van der Waals surface area contributed by atoms with Gasteiger partial charge in [0, 0.05) is 28.7 Å². The van der Waals surface area contributed by atoms with Gasteiger partial charge in [-0.2, -0.15) is 4.57 Å². The molecule has 0 saturated heterocycles. The predicted molar refractivity (Wildman–Crippen MR) is 190 cm³/mol. The van der Waals surface area contributed by atoms with Crippen LogP contribution in [0.15, 0.2) is 54.9 Å². The number of ketones is 2. The summed E-state index contributed by atoms with van der Waals surface area (Å²) in [4.78, 5) is 24.2. The van der Waals surface area contributed by atoms with E-state index in [0.29, 0.717) is 11.1 Å². The number of benzene rings is 5. The summed E-state index contributed by atoms with van der Waals surface area (Å²) >= 11 is 0. The summed E-state index contributed by atoms with van der Waals surface area (Å²) in [6.45, 7) is 5.97. The number of hydrogen-bond acceptors (Lipinski definition) is 2. The van der Waals surface area contributed by atoms with Gasteiger partial charge in [-0.05, 0) is 0 Å². The number of nitrogens with zero attached hydrogens (tertiary/aromatic N) is 1. The Labute approximate surface area is 356 Å². The molecule has 0 saturated carbocycles. The van der Waals surface area contributed by atoms with E-state index in [9.17, 15) is 62.3 Å². The average Bonchev–Trinajstić information content (AvgIpc) is 3.29. The highest BCUT2D eigenvalue weighted by atomic mass is 19.2. The van der Waals surface area contributed by atoms with Crippen molar-refractivity contribution >= 4 is 39.6 Å². The third kappa shape index (κ3) is 8.13. The van der Waals surface area contributed by atoms with Crippen LogP contribution in [0.4, 0.5) is 87.8 Å². The summed E-state index contributed by atoms with van der Waals surface area (Å²) in [6, 6.07) is 12.7. The molecule has 1 aromatic heterocycles. The van der Waals surface area contributed by atoms with Gasteiger partial charge < -0.3 is 0 Å². The molecular weight excluding hydrogens is 941 g/mol. The molecule has 6 aromatic rings. The molecule has 0 amide bonds. The Kier molecular flexibility index (Phi) is 13.9. The first-order chi connectivity index (χ1) is 30.6. The van der Waals surface area contributed by atoms with Gasteiger partial charge in [0.15, 0.2) is 88.0 Å². The molecule has 0 unspecified atom stereocenters. The first-order valence-electron chi connectivity index (χ1n) is 17.9. The van der Waals surface area contributed by atoms with Crippen molar-refractivity contribution in [1.29, 1.82) is 0 Å². The maximum atomic E-state index is 15.4. The smallest absolute Gasteiger partial charge is 0.227 e. The van der Waals surface area contributed by atoms with Crippen LogP contribution in [0.5, 0.6) is 0 Å². The van der Waals surface area contributed by atoms with E-state index in [-0.39, 0.29) is 18.1 Å². The van der Waals surface area contributed by atoms with Crippen LogP contribution in [0.2, 0.25) is 0 Å². The number of rotatable bonds is 8. The first-order valence-corrected chi connectivity index (χ1v) is 17.9. The van der Waals surface area contributed by atoms with Crippen molar-refractivity contribution in [3.63, 3.8) is 0 Å². The second kappa shape index (κ2) is 18.3. The van der Waals surface area contributed by atoms with Gasteiger partial charge in [0.25, 0.3) is 0 Å². The molecule has 0 spiro atoms. The molecule has 1 heterocycles. The van der Waals surface area contributed by atoms with Crippen molar-refractivity contribution in [3.05, 3.63) is 182 Å². The molecule has 3 nitrogen and oxygen atoms in total. The standard InChI is InChI=1S/C24BF20.C18H20NO2/c26-5-1(6(27)14(35)21(42)13(5)34)25(2-7(28)15(36)22(43)16(37)8(2)29,3-9(30)17(38)23(44)18(39)10(3)31)4-11(32)19(40)24(45)20(41)12(4)33;1-18(2,3)17(21)15-9-11-19(12-10-15)13-16(20)14-7-5-4-6-8-14/h;4-12H,13H2,1-3H3/q-1;+1. The lowest BCUT2D eigenvalue weighted by atomic mass is 9.12. The van der Waals surface area contributed by atoms with Gasteiger partial charge in [-0.1, -0.05) is 51.1 Å². The molecule has 0 aliphatic carbocycles. The van der Waals surface area contributed by atoms with Gasteiger partial charge in [0.05, 0.1) is 0 Å². The lowest BCUT2D eigenvalue weighted by molar-refractivity contribution is -0.683. The Hall–Kier alpha value is -6.75. The van der Waals surface area contributed by atoms with Crippen LogP contribution in [-0.2, 0) is 6.54 Å². The molecule has 348 valence electrons. The lowest BCUT2D eigenvalue weighted by Crippen LogP contribution is -2.81. The van der Waals surface area contributed by atoms with Gasteiger partial charge in [-0.3, -0.25) is 9.59 Å². The molecule has 0 fully saturated rings. The van der Waals surface area contributed by atoms with Crippen molar-refractivity contribution in [2.45, 2.75) is 27.3 Å². The van der Waals surface area contributed by atoms with Crippen molar-refractivity contribution in [2.75, 3.05) is 0 Å². The van der Waals surface area contributed by atoms with Crippen LogP contribution >= 0.6 is 0 Å². The summed E-state index contributed by atoms with van der Waals surface area (Å²) in [5.74, 6) is -71.3. The Morgan fingerprint density at radius 3 is 0.864 bits per heavy atom. The van der Waals surface area contributed by atoms with Gasteiger partial charge in [0.2, 0.25) is 12.3 Å². The van der Waals surface area contributed by atoms with E-state index in [1.54, 1.807) is 41.2 Å². The Balaban J connectivity index is 0.000000324. The number of carbonyl (C=O) groups is 2. The second-order valence-corrected chi connectivity index (χ2v) is 14.9. The summed E-state index contributed by atoms with van der Waals surface area (Å²) in [6.07, 6.45) is -3.66. The minimum Gasteiger partial charge on any atom is -0.294 e. The molecule has 66 heavy (non-hydrogen) atoms. The van der Waals surface area contributed by atoms with Crippen LogP contribution in [0.3, 0.4) is 0 Å². The van der Waals surface area contributed by atoms with Crippen LogP contribution < -0.4 is 26.4 Å². The van der Waals surface area contributed by atoms with Crippen LogP contribution in [0, 0.1) is 122 Å². The molecule has 5 aromatic carbocycles. The number of halogens is 20. The van der Waals surface area contributed by atoms with E-state index in [1.807, 2.05) is 39.0 Å². The lowest BCUT2D eigenvalue weighted by Gasteiger charge is -2.44. The SMILES string of the molecule is CC(C)(C)C(=O)c1cc[n+](CC(=O)c2ccccc2)cc1.Fc1c(F)c(F)c([B-](c2c(F)c(F)c(F)c(F)c2F)(c2c(F)c(F)c(F)c(F)c2F)c2c(F)c(F)c(F)c(F)c2F)c(F)c1F. The Bertz CT molecular complexity index is 2580. The zero-order valence-electron chi connectivity index (χ0n) is 32.8. The molecule has 0 aliphatic rings. The normalized spacial score (nSPS) is 11.7. The molecule has 6 rings (SSSR count). The number of pyridine rings is 1. The quantitative estimate of drug-likeness (QED) is 0.0382. The van der Waals surface area contributed by atoms with Crippen LogP contribution in [0.1, 0.15) is 41.5 Å². The van der Waals surface area contributed by atoms with E-state index < -0.39 is 150 Å². The molecule has 0 bridgehead atoms. The van der Waals surface area contributed by atoms with E-state index in [4.69, 9.17) is 0 Å². The van der Waals surface area contributed by atoms with Crippen LogP contribution in [0.25, 0.3) is 0 Å². The number of Topliss-reactive ketones (excluding diaryl/α,β-unsaturated/α-hetero) is 2. The largest absolute Gasteiger partial charge is 0.294 e. The zero-order valence-corrected chi connectivity index (χ0v) is 32.8.